The molecule has 2 rings (SSSR count). The molecule has 0 amide bonds. The first-order chi connectivity index (χ1) is 8.81. The SMILES string of the molecule is COc1ccccc1C(C)CN1CCCNCC1. The van der Waals surface area contributed by atoms with E-state index in [9.17, 15) is 0 Å². The molecule has 18 heavy (non-hydrogen) atoms. The summed E-state index contributed by atoms with van der Waals surface area (Å²) in [5, 5.41) is 3.45. The number of hydrogen-bond donors (Lipinski definition) is 1. The molecule has 0 radical (unpaired) electrons. The van der Waals surface area contributed by atoms with Crippen LogP contribution in [0.15, 0.2) is 24.3 Å². The Morgan fingerprint density at radius 2 is 2.11 bits per heavy atom. The molecule has 0 bridgehead atoms. The highest BCUT2D eigenvalue weighted by atomic mass is 16.5. The molecule has 0 saturated carbocycles. The topological polar surface area (TPSA) is 24.5 Å². The second-order valence-electron chi connectivity index (χ2n) is 5.05. The molecule has 1 aliphatic heterocycles. The van der Waals surface area contributed by atoms with Crippen LogP contribution in [0.25, 0.3) is 0 Å². The van der Waals surface area contributed by atoms with Gasteiger partial charge in [-0.25, -0.2) is 0 Å². The number of methoxy groups -OCH3 is 1. The van der Waals surface area contributed by atoms with Gasteiger partial charge in [0.25, 0.3) is 0 Å². The van der Waals surface area contributed by atoms with Crippen molar-refractivity contribution in [2.45, 2.75) is 19.3 Å². The first-order valence-electron chi connectivity index (χ1n) is 6.87. The van der Waals surface area contributed by atoms with Gasteiger partial charge in [-0.2, -0.15) is 0 Å². The molecular weight excluding hydrogens is 224 g/mol. The molecule has 1 saturated heterocycles. The van der Waals surface area contributed by atoms with E-state index >= 15 is 0 Å². The highest BCUT2D eigenvalue weighted by molar-refractivity contribution is 5.36. The van der Waals surface area contributed by atoms with Crippen molar-refractivity contribution in [1.82, 2.24) is 10.2 Å². The van der Waals surface area contributed by atoms with E-state index in [-0.39, 0.29) is 0 Å². The van der Waals surface area contributed by atoms with E-state index in [4.69, 9.17) is 4.74 Å². The Bertz CT molecular complexity index is 359. The molecular formula is C15H24N2O. The Morgan fingerprint density at radius 3 is 2.94 bits per heavy atom. The van der Waals surface area contributed by atoms with Crippen LogP contribution >= 0.6 is 0 Å². The summed E-state index contributed by atoms with van der Waals surface area (Å²) >= 11 is 0. The van der Waals surface area contributed by atoms with Crippen molar-refractivity contribution in [1.29, 1.82) is 0 Å². The van der Waals surface area contributed by atoms with Crippen LogP contribution in [0.2, 0.25) is 0 Å². The van der Waals surface area contributed by atoms with Gasteiger partial charge in [0.05, 0.1) is 7.11 Å². The smallest absolute Gasteiger partial charge is 0.122 e. The first kappa shape index (κ1) is 13.4. The number of rotatable bonds is 4. The van der Waals surface area contributed by atoms with Gasteiger partial charge in [0, 0.05) is 19.6 Å². The molecule has 3 heteroatoms. The Morgan fingerprint density at radius 1 is 1.28 bits per heavy atom. The minimum Gasteiger partial charge on any atom is -0.496 e. The van der Waals surface area contributed by atoms with Crippen LogP contribution in [0.4, 0.5) is 0 Å². The lowest BCUT2D eigenvalue weighted by Gasteiger charge is -2.24. The zero-order valence-electron chi connectivity index (χ0n) is 11.5. The quantitative estimate of drug-likeness (QED) is 0.883. The third kappa shape index (κ3) is 3.47. The molecule has 0 aliphatic carbocycles. The summed E-state index contributed by atoms with van der Waals surface area (Å²) in [6.45, 7) is 8.02. The van der Waals surface area contributed by atoms with Crippen molar-refractivity contribution in [3.63, 3.8) is 0 Å². The lowest BCUT2D eigenvalue weighted by Crippen LogP contribution is -2.31. The van der Waals surface area contributed by atoms with Gasteiger partial charge in [-0.1, -0.05) is 25.1 Å². The first-order valence-corrected chi connectivity index (χ1v) is 6.87. The molecule has 1 unspecified atom stereocenters. The van der Waals surface area contributed by atoms with E-state index in [2.05, 4.69) is 35.3 Å². The fraction of sp³-hybridized carbons (Fsp3) is 0.600. The molecule has 1 atom stereocenters. The van der Waals surface area contributed by atoms with E-state index < -0.39 is 0 Å². The molecule has 1 aromatic rings. The Kier molecular flexibility index (Phi) is 5.02. The van der Waals surface area contributed by atoms with Gasteiger partial charge < -0.3 is 15.0 Å². The summed E-state index contributed by atoms with van der Waals surface area (Å²) in [6.07, 6.45) is 1.25. The maximum absolute atomic E-state index is 5.45. The highest BCUT2D eigenvalue weighted by Gasteiger charge is 2.16. The molecule has 0 spiro atoms. The van der Waals surface area contributed by atoms with Crippen LogP contribution in [0, 0.1) is 0 Å². The molecule has 1 fully saturated rings. The van der Waals surface area contributed by atoms with E-state index in [0.29, 0.717) is 5.92 Å². The van der Waals surface area contributed by atoms with E-state index in [1.807, 2.05) is 6.07 Å². The zero-order valence-corrected chi connectivity index (χ0v) is 11.5. The highest BCUT2D eigenvalue weighted by Crippen LogP contribution is 2.26. The molecule has 1 N–H and O–H groups in total. The normalized spacial score (nSPS) is 19.2. The molecule has 1 heterocycles. The predicted octanol–water partition coefficient (Wildman–Crippen LogP) is 2.09. The summed E-state index contributed by atoms with van der Waals surface area (Å²) in [5.41, 5.74) is 1.32. The van der Waals surface area contributed by atoms with Crippen molar-refractivity contribution in [2.24, 2.45) is 0 Å². The molecule has 1 aromatic carbocycles. The van der Waals surface area contributed by atoms with Crippen molar-refractivity contribution in [2.75, 3.05) is 39.8 Å². The zero-order chi connectivity index (χ0) is 12.8. The standard InChI is InChI=1S/C15H24N2O/c1-13(12-17-10-5-8-16-9-11-17)14-6-3-4-7-15(14)18-2/h3-4,6-7,13,16H,5,8-12H2,1-2H3. The lowest BCUT2D eigenvalue weighted by molar-refractivity contribution is 0.275. The summed E-state index contributed by atoms with van der Waals surface area (Å²) in [6, 6.07) is 8.36. The van der Waals surface area contributed by atoms with Gasteiger partial charge in [0.1, 0.15) is 5.75 Å². The largest absolute Gasteiger partial charge is 0.496 e. The van der Waals surface area contributed by atoms with Crippen LogP contribution < -0.4 is 10.1 Å². The fourth-order valence-electron chi connectivity index (χ4n) is 2.64. The Hall–Kier alpha value is -1.06. The van der Waals surface area contributed by atoms with Crippen molar-refractivity contribution in [3.05, 3.63) is 29.8 Å². The van der Waals surface area contributed by atoms with Gasteiger partial charge >= 0.3 is 0 Å². The van der Waals surface area contributed by atoms with Gasteiger partial charge in [0.15, 0.2) is 0 Å². The van der Waals surface area contributed by atoms with E-state index in [1.165, 1.54) is 18.5 Å². The second kappa shape index (κ2) is 6.76. The van der Waals surface area contributed by atoms with E-state index in [0.717, 1.165) is 31.9 Å². The number of para-hydroxylation sites is 1. The number of hydrogen-bond acceptors (Lipinski definition) is 3. The van der Waals surface area contributed by atoms with Gasteiger partial charge in [-0.05, 0) is 37.1 Å². The molecule has 1 aliphatic rings. The monoisotopic (exact) mass is 248 g/mol. The maximum atomic E-state index is 5.45. The number of nitrogens with one attached hydrogen (secondary N) is 1. The van der Waals surface area contributed by atoms with E-state index in [1.54, 1.807) is 7.11 Å². The predicted molar refractivity (Wildman–Crippen MR) is 75.3 cm³/mol. The number of ether oxygens (including phenoxy) is 1. The summed E-state index contributed by atoms with van der Waals surface area (Å²) in [7, 11) is 1.75. The van der Waals surface area contributed by atoms with Gasteiger partial charge in [0.2, 0.25) is 0 Å². The summed E-state index contributed by atoms with van der Waals surface area (Å²) in [5.74, 6) is 1.53. The van der Waals surface area contributed by atoms with Crippen LogP contribution in [0.1, 0.15) is 24.8 Å². The average Bonchev–Trinajstić information content (AvgIpc) is 2.67. The minimum atomic E-state index is 0.513. The molecule has 0 aromatic heterocycles. The summed E-state index contributed by atoms with van der Waals surface area (Å²) in [4.78, 5) is 2.55. The Balaban J connectivity index is 1.99. The van der Waals surface area contributed by atoms with Crippen LogP contribution in [0.5, 0.6) is 5.75 Å². The number of nitrogens with zero attached hydrogens (tertiary/aromatic N) is 1. The van der Waals surface area contributed by atoms with Crippen LogP contribution in [-0.4, -0.2) is 44.7 Å². The number of benzene rings is 1. The van der Waals surface area contributed by atoms with Gasteiger partial charge in [-0.3, -0.25) is 0 Å². The molecule has 100 valence electrons. The minimum absolute atomic E-state index is 0.513. The van der Waals surface area contributed by atoms with Crippen molar-refractivity contribution >= 4 is 0 Å². The van der Waals surface area contributed by atoms with Crippen LogP contribution in [-0.2, 0) is 0 Å². The second-order valence-corrected chi connectivity index (χ2v) is 5.05. The fourth-order valence-corrected chi connectivity index (χ4v) is 2.64. The third-order valence-electron chi connectivity index (χ3n) is 3.63. The molecule has 3 nitrogen and oxygen atoms in total. The van der Waals surface area contributed by atoms with Crippen molar-refractivity contribution in [3.8, 4) is 5.75 Å². The third-order valence-corrected chi connectivity index (χ3v) is 3.63. The maximum Gasteiger partial charge on any atom is 0.122 e. The van der Waals surface area contributed by atoms with Crippen LogP contribution in [0.3, 0.4) is 0 Å². The lowest BCUT2D eigenvalue weighted by atomic mass is 9.99. The summed E-state index contributed by atoms with van der Waals surface area (Å²) < 4.78 is 5.45. The van der Waals surface area contributed by atoms with Crippen molar-refractivity contribution < 1.29 is 4.74 Å². The van der Waals surface area contributed by atoms with Gasteiger partial charge in [-0.15, -0.1) is 0 Å². The average molecular weight is 248 g/mol. The Labute approximate surface area is 110 Å².